The van der Waals surface area contributed by atoms with Crippen LogP contribution >= 0.6 is 11.8 Å². The molecule has 22 heavy (non-hydrogen) atoms. The third kappa shape index (κ3) is 2.79. The van der Waals surface area contributed by atoms with E-state index >= 15 is 0 Å². The quantitative estimate of drug-likeness (QED) is 0.503. The van der Waals surface area contributed by atoms with Crippen molar-refractivity contribution in [3.05, 3.63) is 33.4 Å². The Morgan fingerprint density at radius 1 is 1.45 bits per heavy atom. The SMILES string of the molecule is CC(=O)N/C=C/SC1=C(C(=O)O)N2C(=O)C(=C(C)CO)[C@H]2C1. The Labute approximate surface area is 131 Å². The van der Waals surface area contributed by atoms with Crippen molar-refractivity contribution in [3.8, 4) is 0 Å². The number of aliphatic hydroxyl groups is 1. The fourth-order valence-electron chi connectivity index (χ4n) is 2.48. The fourth-order valence-corrected chi connectivity index (χ4v) is 3.33. The van der Waals surface area contributed by atoms with Gasteiger partial charge in [-0.15, -0.1) is 0 Å². The summed E-state index contributed by atoms with van der Waals surface area (Å²) in [4.78, 5) is 36.1. The van der Waals surface area contributed by atoms with Crippen molar-refractivity contribution in [2.45, 2.75) is 26.3 Å². The van der Waals surface area contributed by atoms with E-state index in [-0.39, 0.29) is 30.2 Å². The van der Waals surface area contributed by atoms with Gasteiger partial charge < -0.3 is 15.5 Å². The number of hydrogen-bond donors (Lipinski definition) is 3. The topological polar surface area (TPSA) is 107 Å². The normalized spacial score (nSPS) is 22.8. The van der Waals surface area contributed by atoms with Gasteiger partial charge in [0.05, 0.1) is 12.6 Å². The Morgan fingerprint density at radius 2 is 2.14 bits per heavy atom. The highest BCUT2D eigenvalue weighted by Crippen LogP contribution is 2.46. The van der Waals surface area contributed by atoms with Gasteiger partial charge in [-0.2, -0.15) is 0 Å². The van der Waals surface area contributed by atoms with E-state index in [9.17, 15) is 19.5 Å². The van der Waals surface area contributed by atoms with Crippen LogP contribution in [-0.4, -0.2) is 45.5 Å². The maximum atomic E-state index is 12.1. The van der Waals surface area contributed by atoms with Crippen LogP contribution in [0.1, 0.15) is 20.3 Å². The van der Waals surface area contributed by atoms with Crippen LogP contribution in [0.2, 0.25) is 0 Å². The van der Waals surface area contributed by atoms with E-state index in [1.54, 1.807) is 12.3 Å². The third-order valence-corrected chi connectivity index (χ3v) is 4.36. The lowest BCUT2D eigenvalue weighted by Crippen LogP contribution is -2.53. The zero-order chi connectivity index (χ0) is 16.4. The standard InChI is InChI=1S/C14H16N2O5S/c1-7(6-17)11-9-5-10(22-4-3-15-8(2)18)12(14(20)21)16(9)13(11)19/h3-4,9,17H,5-6H2,1-2H3,(H,15,18)(H,20,21)/b4-3+,11-7?/t9-/m1/s1. The van der Waals surface area contributed by atoms with Gasteiger partial charge in [-0.05, 0) is 17.9 Å². The summed E-state index contributed by atoms with van der Waals surface area (Å²) >= 11 is 1.16. The molecule has 0 unspecified atom stereocenters. The van der Waals surface area contributed by atoms with E-state index in [2.05, 4.69) is 5.32 Å². The van der Waals surface area contributed by atoms with Gasteiger partial charge in [-0.3, -0.25) is 14.5 Å². The number of aliphatic carboxylic acids is 1. The van der Waals surface area contributed by atoms with Gasteiger partial charge >= 0.3 is 5.97 Å². The highest BCUT2D eigenvalue weighted by atomic mass is 32.2. The van der Waals surface area contributed by atoms with Crippen molar-refractivity contribution >= 4 is 29.5 Å². The molecule has 1 saturated heterocycles. The van der Waals surface area contributed by atoms with Crippen LogP contribution in [-0.2, 0) is 14.4 Å². The Kier molecular flexibility index (Phi) is 4.72. The molecule has 2 aliphatic rings. The molecule has 1 fully saturated rings. The second-order valence-corrected chi connectivity index (χ2v) is 5.95. The molecule has 2 rings (SSSR count). The molecule has 0 bridgehead atoms. The van der Waals surface area contributed by atoms with Gasteiger partial charge in [0.25, 0.3) is 5.91 Å². The number of carboxylic acid groups (broad SMARTS) is 1. The first-order chi connectivity index (χ1) is 10.4. The van der Waals surface area contributed by atoms with E-state index < -0.39 is 5.97 Å². The van der Waals surface area contributed by atoms with Crippen molar-refractivity contribution in [1.29, 1.82) is 0 Å². The van der Waals surface area contributed by atoms with Crippen molar-refractivity contribution in [2.75, 3.05) is 6.61 Å². The van der Waals surface area contributed by atoms with E-state index in [1.165, 1.54) is 18.0 Å². The molecule has 0 radical (unpaired) electrons. The van der Waals surface area contributed by atoms with Crippen LogP contribution in [0, 0.1) is 0 Å². The number of fused-ring (bicyclic) bond motifs is 1. The summed E-state index contributed by atoms with van der Waals surface area (Å²) in [6.07, 6.45) is 1.82. The summed E-state index contributed by atoms with van der Waals surface area (Å²) in [5.74, 6) is -1.75. The molecule has 7 nitrogen and oxygen atoms in total. The number of amides is 2. The number of β-lactam (4-membered cyclic amide) rings is 1. The largest absolute Gasteiger partial charge is 0.477 e. The summed E-state index contributed by atoms with van der Waals surface area (Å²) in [5.41, 5.74) is 1.03. The molecule has 0 saturated carbocycles. The smallest absolute Gasteiger partial charge is 0.353 e. The fraction of sp³-hybridized carbons (Fsp3) is 0.357. The first kappa shape index (κ1) is 16.3. The van der Waals surface area contributed by atoms with Crippen LogP contribution in [0.4, 0.5) is 0 Å². The van der Waals surface area contributed by atoms with Crippen LogP contribution in [0.3, 0.4) is 0 Å². The Hall–Kier alpha value is -2.06. The first-order valence-corrected chi connectivity index (χ1v) is 7.45. The molecule has 8 heteroatoms. The Balaban J connectivity index is 2.20. The van der Waals surface area contributed by atoms with E-state index in [4.69, 9.17) is 5.11 Å². The molecule has 2 amide bonds. The summed E-state index contributed by atoms with van der Waals surface area (Å²) < 4.78 is 0. The number of hydrogen-bond acceptors (Lipinski definition) is 5. The predicted octanol–water partition coefficient (Wildman–Crippen LogP) is 0.546. The maximum absolute atomic E-state index is 12.1. The zero-order valence-electron chi connectivity index (χ0n) is 12.1. The monoisotopic (exact) mass is 324 g/mol. The predicted molar refractivity (Wildman–Crippen MR) is 80.2 cm³/mol. The number of aliphatic hydroxyl groups excluding tert-OH is 1. The second kappa shape index (κ2) is 6.37. The first-order valence-electron chi connectivity index (χ1n) is 6.57. The molecule has 0 aromatic heterocycles. The van der Waals surface area contributed by atoms with Crippen LogP contribution in [0.5, 0.6) is 0 Å². The molecule has 0 aromatic carbocycles. The highest BCUT2D eigenvalue weighted by Gasteiger charge is 2.52. The summed E-state index contributed by atoms with van der Waals surface area (Å²) in [6, 6.07) is -0.317. The van der Waals surface area contributed by atoms with Crippen molar-refractivity contribution in [3.63, 3.8) is 0 Å². The minimum atomic E-state index is -1.16. The van der Waals surface area contributed by atoms with E-state index in [0.717, 1.165) is 11.8 Å². The molecule has 0 aromatic rings. The van der Waals surface area contributed by atoms with Gasteiger partial charge in [0.15, 0.2) is 0 Å². The van der Waals surface area contributed by atoms with Gasteiger partial charge in [-0.1, -0.05) is 11.8 Å². The number of nitrogens with zero attached hydrogens (tertiary/aromatic N) is 1. The minimum Gasteiger partial charge on any atom is -0.477 e. The number of carbonyl (C=O) groups is 3. The summed E-state index contributed by atoms with van der Waals surface area (Å²) in [7, 11) is 0. The van der Waals surface area contributed by atoms with Gasteiger partial charge in [0.2, 0.25) is 5.91 Å². The van der Waals surface area contributed by atoms with Crippen molar-refractivity contribution in [1.82, 2.24) is 10.2 Å². The molecule has 0 spiro atoms. The number of carboxylic acids is 1. The summed E-state index contributed by atoms with van der Waals surface area (Å²) in [6.45, 7) is 2.80. The number of nitrogens with one attached hydrogen (secondary N) is 1. The van der Waals surface area contributed by atoms with Crippen molar-refractivity contribution < 1.29 is 24.6 Å². The van der Waals surface area contributed by atoms with Gasteiger partial charge in [-0.25, -0.2) is 4.79 Å². The number of carbonyl (C=O) groups excluding carboxylic acids is 2. The molecule has 1 atom stereocenters. The molecular formula is C14H16N2O5S. The molecular weight excluding hydrogens is 308 g/mol. The third-order valence-electron chi connectivity index (χ3n) is 3.44. The Bertz CT molecular complexity index is 635. The van der Waals surface area contributed by atoms with E-state index in [1.807, 2.05) is 0 Å². The molecule has 2 aliphatic heterocycles. The average molecular weight is 324 g/mol. The van der Waals surface area contributed by atoms with Crippen LogP contribution in [0.25, 0.3) is 0 Å². The van der Waals surface area contributed by atoms with E-state index in [0.29, 0.717) is 22.5 Å². The van der Waals surface area contributed by atoms with Crippen molar-refractivity contribution in [2.24, 2.45) is 0 Å². The molecule has 3 N–H and O–H groups in total. The molecule has 2 heterocycles. The van der Waals surface area contributed by atoms with Crippen LogP contribution < -0.4 is 5.32 Å². The lowest BCUT2D eigenvalue weighted by molar-refractivity contribution is -0.142. The Morgan fingerprint density at radius 3 is 2.68 bits per heavy atom. The lowest BCUT2D eigenvalue weighted by Gasteiger charge is -2.39. The molecule has 0 aliphatic carbocycles. The summed E-state index contributed by atoms with van der Waals surface area (Å²) in [5, 5.41) is 22.5. The number of rotatable bonds is 5. The highest BCUT2D eigenvalue weighted by molar-refractivity contribution is 8.05. The maximum Gasteiger partial charge on any atom is 0.353 e. The average Bonchev–Trinajstić information content (AvgIpc) is 2.78. The van der Waals surface area contributed by atoms with Gasteiger partial charge in [0.1, 0.15) is 5.70 Å². The van der Waals surface area contributed by atoms with Crippen LogP contribution in [0.15, 0.2) is 33.4 Å². The minimum absolute atomic E-state index is 0.0260. The lowest BCUT2D eigenvalue weighted by atomic mass is 9.90. The van der Waals surface area contributed by atoms with Gasteiger partial charge in [0, 0.05) is 30.0 Å². The number of thioether (sulfide) groups is 1. The molecule has 118 valence electrons. The zero-order valence-corrected chi connectivity index (χ0v) is 12.9. The second-order valence-electron chi connectivity index (χ2n) is 4.95.